The Morgan fingerprint density at radius 2 is 1.93 bits per heavy atom. The second-order valence-electron chi connectivity index (χ2n) is 9.24. The molecule has 1 aliphatic heterocycles. The molecule has 2 atom stereocenters. The number of aromatic nitrogens is 1. The van der Waals surface area contributed by atoms with Crippen molar-refractivity contribution in [3.05, 3.63) is 24.0 Å². The Kier molecular flexibility index (Phi) is 6.53. The van der Waals surface area contributed by atoms with Crippen molar-refractivity contribution in [1.29, 1.82) is 0 Å². The lowest BCUT2D eigenvalue weighted by molar-refractivity contribution is 0.0170. The van der Waals surface area contributed by atoms with Gasteiger partial charge >= 0.3 is 6.09 Å². The molecule has 2 unspecified atom stereocenters. The highest BCUT2D eigenvalue weighted by Crippen LogP contribution is 2.48. The maximum Gasteiger partial charge on any atom is 0.410 e. The fourth-order valence-electron chi connectivity index (χ4n) is 3.91. The summed E-state index contributed by atoms with van der Waals surface area (Å²) in [5, 5.41) is 0. The monoisotopic (exact) mass is 424 g/mol. The Balaban J connectivity index is 1.35. The van der Waals surface area contributed by atoms with Gasteiger partial charge in [-0.2, -0.15) is 0 Å². The number of rotatable bonds is 6. The van der Waals surface area contributed by atoms with Crippen LogP contribution in [0.3, 0.4) is 0 Å². The van der Waals surface area contributed by atoms with Gasteiger partial charge in [0.1, 0.15) is 5.60 Å². The number of likely N-dealkylation sites (tertiary alicyclic amines) is 1. The van der Waals surface area contributed by atoms with Gasteiger partial charge in [0.25, 0.3) is 0 Å². The van der Waals surface area contributed by atoms with Crippen LogP contribution >= 0.6 is 0 Å². The number of sulfone groups is 1. The molecule has 1 amide bonds. The lowest BCUT2D eigenvalue weighted by Gasteiger charge is -2.33. The van der Waals surface area contributed by atoms with Crippen molar-refractivity contribution >= 4 is 15.9 Å². The van der Waals surface area contributed by atoms with Crippen LogP contribution in [-0.2, 0) is 25.9 Å². The van der Waals surface area contributed by atoms with Crippen LogP contribution < -0.4 is 0 Å². The Bertz CT molecular complexity index is 808. The van der Waals surface area contributed by atoms with E-state index >= 15 is 0 Å². The summed E-state index contributed by atoms with van der Waals surface area (Å²) < 4.78 is 34.2. The SMILES string of the molecule is CC(C)(C)OC(=O)N1CCC(C2CC2COCc2ccc(S(C)(=O)=O)cn2)CC1. The second kappa shape index (κ2) is 8.60. The fraction of sp³-hybridized carbons (Fsp3) is 0.714. The molecular formula is C21H32N2O5S. The topological polar surface area (TPSA) is 85.8 Å². The predicted octanol–water partition coefficient (Wildman–Crippen LogP) is 3.28. The number of nitrogens with zero attached hydrogens (tertiary/aromatic N) is 2. The summed E-state index contributed by atoms with van der Waals surface area (Å²) in [7, 11) is -3.22. The molecular weight excluding hydrogens is 392 g/mol. The second-order valence-corrected chi connectivity index (χ2v) is 11.3. The van der Waals surface area contributed by atoms with Crippen LogP contribution in [-0.4, -0.2) is 55.9 Å². The molecule has 3 rings (SSSR count). The van der Waals surface area contributed by atoms with Crippen LogP contribution in [0.1, 0.15) is 45.7 Å². The number of carbonyl (C=O) groups is 1. The van der Waals surface area contributed by atoms with E-state index in [1.807, 2.05) is 25.7 Å². The number of ether oxygens (including phenoxy) is 2. The molecule has 1 saturated heterocycles. The van der Waals surface area contributed by atoms with Crippen LogP contribution in [0.2, 0.25) is 0 Å². The molecule has 1 aromatic heterocycles. The van der Waals surface area contributed by atoms with Crippen LogP contribution in [0, 0.1) is 17.8 Å². The van der Waals surface area contributed by atoms with Crippen molar-refractivity contribution in [2.24, 2.45) is 17.8 Å². The largest absolute Gasteiger partial charge is 0.444 e. The molecule has 8 heteroatoms. The summed E-state index contributed by atoms with van der Waals surface area (Å²) >= 11 is 0. The Morgan fingerprint density at radius 1 is 1.24 bits per heavy atom. The minimum atomic E-state index is -3.22. The van der Waals surface area contributed by atoms with Crippen LogP contribution in [0.4, 0.5) is 4.79 Å². The van der Waals surface area contributed by atoms with Crippen LogP contribution in [0.5, 0.6) is 0 Å². The summed E-state index contributed by atoms with van der Waals surface area (Å²) in [5.41, 5.74) is 0.285. The Labute approximate surface area is 173 Å². The van der Waals surface area contributed by atoms with E-state index in [4.69, 9.17) is 9.47 Å². The van der Waals surface area contributed by atoms with Crippen LogP contribution in [0.25, 0.3) is 0 Å². The number of piperidine rings is 1. The molecule has 7 nitrogen and oxygen atoms in total. The number of hydrogen-bond donors (Lipinski definition) is 0. The van der Waals surface area contributed by atoms with Gasteiger partial charge in [0.15, 0.2) is 9.84 Å². The molecule has 1 aliphatic carbocycles. The van der Waals surface area contributed by atoms with Gasteiger partial charge in [0.2, 0.25) is 0 Å². The van der Waals surface area contributed by atoms with E-state index in [1.54, 1.807) is 12.1 Å². The van der Waals surface area contributed by atoms with Gasteiger partial charge in [0.05, 0.1) is 23.8 Å². The third kappa shape index (κ3) is 6.40. The number of carbonyl (C=O) groups excluding carboxylic acids is 1. The van der Waals surface area contributed by atoms with Gasteiger partial charge in [-0.15, -0.1) is 0 Å². The third-order valence-corrected chi connectivity index (χ3v) is 6.68. The maximum atomic E-state index is 12.2. The molecule has 0 N–H and O–H groups in total. The van der Waals surface area contributed by atoms with E-state index in [0.29, 0.717) is 31.0 Å². The van der Waals surface area contributed by atoms with Gasteiger partial charge in [0, 0.05) is 25.5 Å². The van der Waals surface area contributed by atoms with Crippen molar-refractivity contribution in [2.45, 2.75) is 57.1 Å². The van der Waals surface area contributed by atoms with Gasteiger partial charge in [-0.3, -0.25) is 4.98 Å². The molecule has 0 radical (unpaired) electrons. The van der Waals surface area contributed by atoms with Crippen molar-refractivity contribution in [1.82, 2.24) is 9.88 Å². The highest BCUT2D eigenvalue weighted by molar-refractivity contribution is 7.90. The first-order chi connectivity index (χ1) is 13.5. The highest BCUT2D eigenvalue weighted by Gasteiger charge is 2.44. The maximum absolute atomic E-state index is 12.2. The minimum absolute atomic E-state index is 0.207. The molecule has 0 aromatic carbocycles. The van der Waals surface area contributed by atoms with E-state index in [2.05, 4.69) is 4.98 Å². The van der Waals surface area contributed by atoms with E-state index in [-0.39, 0.29) is 11.0 Å². The molecule has 0 bridgehead atoms. The normalized spacial score (nSPS) is 23.1. The first-order valence-corrected chi connectivity index (χ1v) is 12.1. The standard InChI is InChI=1S/C21H32N2O5S/c1-21(2,3)28-20(24)23-9-7-15(8-10-23)19-11-16(19)13-27-14-17-5-6-18(12-22-17)29(4,25)26/h5-6,12,15-16,19H,7-11,13-14H2,1-4H3. The third-order valence-electron chi connectivity index (χ3n) is 5.58. The van der Waals surface area contributed by atoms with Crippen molar-refractivity contribution in [2.75, 3.05) is 26.0 Å². The zero-order valence-corrected chi connectivity index (χ0v) is 18.6. The highest BCUT2D eigenvalue weighted by atomic mass is 32.2. The first-order valence-electron chi connectivity index (χ1n) is 10.2. The zero-order chi connectivity index (χ0) is 21.2. The van der Waals surface area contributed by atoms with Gasteiger partial charge in [-0.05, 0) is 69.9 Å². The summed E-state index contributed by atoms with van der Waals surface area (Å²) in [6.45, 7) is 8.30. The van der Waals surface area contributed by atoms with Gasteiger partial charge in [-0.1, -0.05) is 0 Å². The smallest absolute Gasteiger partial charge is 0.410 e. The van der Waals surface area contributed by atoms with Crippen molar-refractivity contribution in [3.63, 3.8) is 0 Å². The number of hydrogen-bond acceptors (Lipinski definition) is 6. The Hall–Kier alpha value is -1.67. The van der Waals surface area contributed by atoms with E-state index in [0.717, 1.165) is 31.6 Å². The molecule has 162 valence electrons. The summed E-state index contributed by atoms with van der Waals surface area (Å²) in [5.74, 6) is 1.90. The van der Waals surface area contributed by atoms with E-state index in [9.17, 15) is 13.2 Å². The molecule has 29 heavy (non-hydrogen) atoms. The number of amides is 1. The Morgan fingerprint density at radius 3 is 2.48 bits per heavy atom. The first kappa shape index (κ1) is 22.0. The quantitative estimate of drug-likeness (QED) is 0.697. The summed E-state index contributed by atoms with van der Waals surface area (Å²) in [4.78, 5) is 18.4. The lowest BCUT2D eigenvalue weighted by Crippen LogP contribution is -2.42. The average molecular weight is 425 g/mol. The van der Waals surface area contributed by atoms with Gasteiger partial charge in [-0.25, -0.2) is 13.2 Å². The van der Waals surface area contributed by atoms with Gasteiger partial charge < -0.3 is 14.4 Å². The minimum Gasteiger partial charge on any atom is -0.444 e. The molecule has 0 spiro atoms. The van der Waals surface area contributed by atoms with E-state index in [1.165, 1.54) is 18.9 Å². The predicted molar refractivity (Wildman–Crippen MR) is 109 cm³/mol. The molecule has 2 fully saturated rings. The number of pyridine rings is 1. The fourth-order valence-corrected chi connectivity index (χ4v) is 4.47. The summed E-state index contributed by atoms with van der Waals surface area (Å²) in [6.07, 6.45) is 5.57. The molecule has 2 heterocycles. The summed E-state index contributed by atoms with van der Waals surface area (Å²) in [6, 6.07) is 3.27. The van der Waals surface area contributed by atoms with Crippen molar-refractivity contribution < 1.29 is 22.7 Å². The molecule has 1 aromatic rings. The lowest BCUT2D eigenvalue weighted by atomic mass is 9.91. The molecule has 2 aliphatic rings. The zero-order valence-electron chi connectivity index (χ0n) is 17.8. The molecule has 1 saturated carbocycles. The average Bonchev–Trinajstić information content (AvgIpc) is 3.40. The van der Waals surface area contributed by atoms with E-state index < -0.39 is 15.4 Å². The van der Waals surface area contributed by atoms with Crippen LogP contribution in [0.15, 0.2) is 23.2 Å². The van der Waals surface area contributed by atoms with Crippen molar-refractivity contribution in [3.8, 4) is 0 Å².